The number of hydrogen-bond acceptors (Lipinski definition) is 1. The summed E-state index contributed by atoms with van der Waals surface area (Å²) in [5, 5.41) is 0. The SMILES string of the molecule is C/C=C/CCCC/C=C/C(=O)C(C)C. The molecule has 80 valence electrons. The smallest absolute Gasteiger partial charge is 0.157 e. The summed E-state index contributed by atoms with van der Waals surface area (Å²) in [7, 11) is 0. The third-order valence-electron chi connectivity index (χ3n) is 2.08. The molecule has 0 N–H and O–H groups in total. The van der Waals surface area contributed by atoms with Crippen LogP contribution in [0.4, 0.5) is 0 Å². The van der Waals surface area contributed by atoms with Gasteiger partial charge in [-0.25, -0.2) is 0 Å². The normalized spacial score (nSPS) is 12.0. The van der Waals surface area contributed by atoms with Crippen molar-refractivity contribution in [2.75, 3.05) is 0 Å². The van der Waals surface area contributed by atoms with Gasteiger partial charge >= 0.3 is 0 Å². The van der Waals surface area contributed by atoms with Gasteiger partial charge in [0.15, 0.2) is 5.78 Å². The Morgan fingerprint density at radius 3 is 2.21 bits per heavy atom. The van der Waals surface area contributed by atoms with Crippen LogP contribution in [0.3, 0.4) is 0 Å². The van der Waals surface area contributed by atoms with Gasteiger partial charge in [0.05, 0.1) is 0 Å². The summed E-state index contributed by atoms with van der Waals surface area (Å²) < 4.78 is 0. The molecule has 0 fully saturated rings. The lowest BCUT2D eigenvalue weighted by molar-refractivity contribution is -0.117. The van der Waals surface area contributed by atoms with Crippen molar-refractivity contribution < 1.29 is 4.79 Å². The number of carbonyl (C=O) groups excluding carboxylic acids is 1. The molecule has 1 nitrogen and oxygen atoms in total. The number of ketones is 1. The molecule has 0 spiro atoms. The van der Waals surface area contributed by atoms with Crippen molar-refractivity contribution in [1.29, 1.82) is 0 Å². The lowest BCUT2D eigenvalue weighted by Gasteiger charge is -1.96. The van der Waals surface area contributed by atoms with E-state index in [0.29, 0.717) is 0 Å². The van der Waals surface area contributed by atoms with Gasteiger partial charge in [0.2, 0.25) is 0 Å². The summed E-state index contributed by atoms with van der Waals surface area (Å²) in [6, 6.07) is 0. The number of carbonyl (C=O) groups is 1. The Morgan fingerprint density at radius 1 is 1.14 bits per heavy atom. The predicted octanol–water partition coefficient (Wildman–Crippen LogP) is 3.90. The molecule has 0 amide bonds. The van der Waals surface area contributed by atoms with Crippen LogP contribution in [0, 0.1) is 5.92 Å². The molecule has 1 heteroatoms. The Morgan fingerprint density at radius 2 is 1.71 bits per heavy atom. The molecule has 0 aliphatic heterocycles. The molecule has 0 saturated heterocycles. The summed E-state index contributed by atoms with van der Waals surface area (Å²) in [5.41, 5.74) is 0. The van der Waals surface area contributed by atoms with Gasteiger partial charge in [-0.15, -0.1) is 0 Å². The van der Waals surface area contributed by atoms with Crippen LogP contribution in [0.2, 0.25) is 0 Å². The molecule has 0 aliphatic rings. The summed E-state index contributed by atoms with van der Waals surface area (Å²) in [5.74, 6) is 0.368. The van der Waals surface area contributed by atoms with Crippen LogP contribution in [0.1, 0.15) is 46.5 Å². The number of unbranched alkanes of at least 4 members (excludes halogenated alkanes) is 3. The Balaban J connectivity index is 3.40. The van der Waals surface area contributed by atoms with Crippen LogP contribution in [0.5, 0.6) is 0 Å². The average Bonchev–Trinajstić information content (AvgIpc) is 2.16. The first-order valence-electron chi connectivity index (χ1n) is 5.50. The number of allylic oxidation sites excluding steroid dienone is 4. The Kier molecular flexibility index (Phi) is 8.20. The van der Waals surface area contributed by atoms with E-state index in [2.05, 4.69) is 12.2 Å². The fourth-order valence-electron chi connectivity index (χ4n) is 1.08. The van der Waals surface area contributed by atoms with E-state index in [1.165, 1.54) is 12.8 Å². The van der Waals surface area contributed by atoms with Gasteiger partial charge in [-0.1, -0.05) is 32.1 Å². The van der Waals surface area contributed by atoms with Crippen molar-refractivity contribution in [1.82, 2.24) is 0 Å². The molecule has 14 heavy (non-hydrogen) atoms. The Hall–Kier alpha value is -0.850. The van der Waals surface area contributed by atoms with E-state index < -0.39 is 0 Å². The number of hydrogen-bond donors (Lipinski definition) is 0. The molecule has 0 aliphatic carbocycles. The molecule has 0 radical (unpaired) electrons. The topological polar surface area (TPSA) is 17.1 Å². The van der Waals surface area contributed by atoms with Crippen molar-refractivity contribution in [3.8, 4) is 0 Å². The molecule has 0 bridgehead atoms. The van der Waals surface area contributed by atoms with E-state index in [-0.39, 0.29) is 11.7 Å². The summed E-state index contributed by atoms with van der Waals surface area (Å²) in [6.45, 7) is 5.90. The van der Waals surface area contributed by atoms with Crippen molar-refractivity contribution in [2.45, 2.75) is 46.5 Å². The zero-order chi connectivity index (χ0) is 10.8. The maximum absolute atomic E-state index is 11.2. The third kappa shape index (κ3) is 7.78. The van der Waals surface area contributed by atoms with Gasteiger partial charge in [-0.3, -0.25) is 4.79 Å². The molecule has 0 heterocycles. The van der Waals surface area contributed by atoms with Crippen LogP contribution >= 0.6 is 0 Å². The first kappa shape index (κ1) is 13.2. The summed E-state index contributed by atoms with van der Waals surface area (Å²) in [6.07, 6.45) is 12.6. The van der Waals surface area contributed by atoms with Crippen molar-refractivity contribution in [2.24, 2.45) is 5.92 Å². The van der Waals surface area contributed by atoms with Crippen LogP contribution in [-0.4, -0.2) is 5.78 Å². The third-order valence-corrected chi connectivity index (χ3v) is 2.08. The molecular weight excluding hydrogens is 172 g/mol. The minimum Gasteiger partial charge on any atom is -0.295 e. The van der Waals surface area contributed by atoms with Gasteiger partial charge < -0.3 is 0 Å². The average molecular weight is 194 g/mol. The summed E-state index contributed by atoms with van der Waals surface area (Å²) >= 11 is 0. The molecule has 0 rings (SSSR count). The highest BCUT2D eigenvalue weighted by Crippen LogP contribution is 2.03. The lowest BCUT2D eigenvalue weighted by Crippen LogP contribution is -2.01. The maximum Gasteiger partial charge on any atom is 0.157 e. The molecular formula is C13H22O. The second kappa shape index (κ2) is 8.74. The zero-order valence-electron chi connectivity index (χ0n) is 9.62. The minimum atomic E-state index is 0.134. The van der Waals surface area contributed by atoms with Gasteiger partial charge in [0, 0.05) is 5.92 Å². The number of rotatable bonds is 7. The van der Waals surface area contributed by atoms with E-state index in [4.69, 9.17) is 0 Å². The monoisotopic (exact) mass is 194 g/mol. The second-order valence-electron chi connectivity index (χ2n) is 3.81. The molecule has 0 saturated carbocycles. The fraction of sp³-hybridized carbons (Fsp3) is 0.615. The van der Waals surface area contributed by atoms with E-state index in [1.807, 2.05) is 26.8 Å². The van der Waals surface area contributed by atoms with Crippen LogP contribution in [0.15, 0.2) is 24.3 Å². The maximum atomic E-state index is 11.2. The Bertz CT molecular complexity index is 199. The first-order valence-corrected chi connectivity index (χ1v) is 5.50. The standard InChI is InChI=1S/C13H22O/c1-4-5-6-7-8-9-10-11-13(14)12(2)3/h4-5,10-12H,6-9H2,1-3H3/b5-4+,11-10+. The molecule has 0 atom stereocenters. The zero-order valence-corrected chi connectivity index (χ0v) is 9.62. The van der Waals surface area contributed by atoms with E-state index in [0.717, 1.165) is 12.8 Å². The molecule has 0 aromatic rings. The highest BCUT2D eigenvalue weighted by atomic mass is 16.1. The molecule has 0 aromatic heterocycles. The second-order valence-corrected chi connectivity index (χ2v) is 3.81. The van der Waals surface area contributed by atoms with Crippen LogP contribution in [0.25, 0.3) is 0 Å². The van der Waals surface area contributed by atoms with Crippen LogP contribution in [-0.2, 0) is 4.79 Å². The van der Waals surface area contributed by atoms with Crippen molar-refractivity contribution >= 4 is 5.78 Å². The molecule has 0 unspecified atom stereocenters. The van der Waals surface area contributed by atoms with Crippen molar-refractivity contribution in [3.63, 3.8) is 0 Å². The highest BCUT2D eigenvalue weighted by Gasteiger charge is 2.00. The molecule has 0 aromatic carbocycles. The minimum absolute atomic E-state index is 0.134. The van der Waals surface area contributed by atoms with Crippen molar-refractivity contribution in [3.05, 3.63) is 24.3 Å². The lowest BCUT2D eigenvalue weighted by atomic mass is 10.1. The van der Waals surface area contributed by atoms with Gasteiger partial charge in [0.1, 0.15) is 0 Å². The van der Waals surface area contributed by atoms with E-state index in [9.17, 15) is 4.79 Å². The van der Waals surface area contributed by atoms with E-state index in [1.54, 1.807) is 6.08 Å². The Labute approximate surface area is 87.9 Å². The van der Waals surface area contributed by atoms with Gasteiger partial charge in [0.25, 0.3) is 0 Å². The van der Waals surface area contributed by atoms with Gasteiger partial charge in [-0.2, -0.15) is 0 Å². The first-order chi connectivity index (χ1) is 6.68. The van der Waals surface area contributed by atoms with Gasteiger partial charge in [-0.05, 0) is 38.7 Å². The summed E-state index contributed by atoms with van der Waals surface area (Å²) in [4.78, 5) is 11.2. The fourth-order valence-corrected chi connectivity index (χ4v) is 1.08. The quantitative estimate of drug-likeness (QED) is 0.341. The van der Waals surface area contributed by atoms with E-state index >= 15 is 0 Å². The highest BCUT2D eigenvalue weighted by molar-refractivity contribution is 5.91. The van der Waals surface area contributed by atoms with Crippen LogP contribution < -0.4 is 0 Å². The largest absolute Gasteiger partial charge is 0.295 e. The predicted molar refractivity (Wildman–Crippen MR) is 62.3 cm³/mol.